The van der Waals surface area contributed by atoms with E-state index in [9.17, 15) is 0 Å². The third kappa shape index (κ3) is 2.88. The molecule has 5 rings (SSSR count). The van der Waals surface area contributed by atoms with Crippen molar-refractivity contribution in [1.29, 1.82) is 0 Å². The lowest BCUT2D eigenvalue weighted by Gasteiger charge is -2.07. The molecular weight excluding hydrogens is 324 g/mol. The van der Waals surface area contributed by atoms with Gasteiger partial charge in [-0.15, -0.1) is 0 Å². The van der Waals surface area contributed by atoms with E-state index in [0.29, 0.717) is 0 Å². The lowest BCUT2D eigenvalue weighted by Crippen LogP contribution is -1.83. The molecule has 0 aliphatic heterocycles. The molecule has 0 heterocycles. The molecule has 0 aromatic heterocycles. The average Bonchev–Trinajstić information content (AvgIpc) is 3.05. The Labute approximate surface area is 161 Å². The first-order valence-electron chi connectivity index (χ1n) is 9.45. The second-order valence-corrected chi connectivity index (χ2v) is 7.49. The van der Waals surface area contributed by atoms with E-state index >= 15 is 0 Å². The van der Waals surface area contributed by atoms with Crippen molar-refractivity contribution < 1.29 is 0 Å². The third-order valence-electron chi connectivity index (χ3n) is 5.41. The minimum absolute atomic E-state index is 1.28. The quantitative estimate of drug-likeness (QED) is 0.317. The van der Waals surface area contributed by atoms with Gasteiger partial charge < -0.3 is 0 Å². The predicted octanol–water partition coefficient (Wildman–Crippen LogP) is 7.22. The number of hydrogen-bond donors (Lipinski definition) is 0. The zero-order valence-electron chi connectivity index (χ0n) is 15.7. The van der Waals surface area contributed by atoms with Crippen LogP contribution in [0.2, 0.25) is 0 Å². The summed E-state index contributed by atoms with van der Waals surface area (Å²) in [6.45, 7) is 4.29. The van der Waals surface area contributed by atoms with Crippen LogP contribution in [0.25, 0.3) is 33.4 Å². The van der Waals surface area contributed by atoms with Gasteiger partial charge in [-0.3, -0.25) is 0 Å². The summed E-state index contributed by atoms with van der Waals surface area (Å²) < 4.78 is 0. The molecule has 27 heavy (non-hydrogen) atoms. The van der Waals surface area contributed by atoms with Crippen molar-refractivity contribution >= 4 is 0 Å². The van der Waals surface area contributed by atoms with Gasteiger partial charge in [-0.2, -0.15) is 0 Å². The first kappa shape index (κ1) is 16.1. The molecule has 0 bridgehead atoms. The second kappa shape index (κ2) is 6.25. The summed E-state index contributed by atoms with van der Waals surface area (Å²) in [5.41, 5.74) is 13.0. The van der Waals surface area contributed by atoms with E-state index in [0.717, 1.165) is 0 Å². The number of rotatable bonds is 2. The summed E-state index contributed by atoms with van der Waals surface area (Å²) in [4.78, 5) is 0. The first-order chi connectivity index (χ1) is 13.2. The average molecular weight is 345 g/mol. The highest BCUT2D eigenvalue weighted by Gasteiger charge is 2.20. The summed E-state index contributed by atoms with van der Waals surface area (Å²) in [6.07, 6.45) is 2.32. The van der Waals surface area contributed by atoms with E-state index in [2.05, 4.69) is 105 Å². The Bertz CT molecular complexity index is 1070. The molecule has 0 saturated heterocycles. The van der Waals surface area contributed by atoms with Gasteiger partial charge in [0.05, 0.1) is 0 Å². The second-order valence-electron chi connectivity index (χ2n) is 7.49. The Hall–Kier alpha value is -3.12. The molecule has 1 aliphatic carbocycles. The lowest BCUT2D eigenvalue weighted by atomic mass is 9.97. The minimum atomic E-state index is 1.28. The van der Waals surface area contributed by atoms with Crippen LogP contribution in [0.3, 0.4) is 0 Å². The number of benzene rings is 4. The maximum absolute atomic E-state index is 2.32. The van der Waals surface area contributed by atoms with E-state index in [1.54, 1.807) is 0 Å². The van der Waals surface area contributed by atoms with E-state index in [-0.39, 0.29) is 0 Å². The molecular formula is C27H21. The van der Waals surface area contributed by atoms with Crippen LogP contribution < -0.4 is 0 Å². The molecule has 0 unspecified atom stereocenters. The van der Waals surface area contributed by atoms with Gasteiger partial charge in [0.2, 0.25) is 0 Å². The van der Waals surface area contributed by atoms with Crippen molar-refractivity contribution in [3.05, 3.63) is 114 Å². The molecule has 0 amide bonds. The molecule has 1 aliphatic rings. The number of hydrogen-bond acceptors (Lipinski definition) is 0. The van der Waals surface area contributed by atoms with Crippen molar-refractivity contribution in [2.24, 2.45) is 0 Å². The molecule has 4 aromatic carbocycles. The molecule has 129 valence electrons. The Balaban J connectivity index is 1.53. The van der Waals surface area contributed by atoms with Crippen LogP contribution in [0.15, 0.2) is 84.9 Å². The zero-order valence-corrected chi connectivity index (χ0v) is 15.7. The minimum Gasteiger partial charge on any atom is -0.0614 e. The first-order valence-corrected chi connectivity index (χ1v) is 9.45. The fraction of sp³-hybridized carbons (Fsp3) is 0.0741. The van der Waals surface area contributed by atoms with Gasteiger partial charge in [-0.05, 0) is 70.5 Å². The van der Waals surface area contributed by atoms with E-state index in [1.807, 2.05) is 0 Å². The largest absolute Gasteiger partial charge is 0.0614 e. The van der Waals surface area contributed by atoms with Crippen LogP contribution in [-0.2, 0) is 0 Å². The summed E-state index contributed by atoms with van der Waals surface area (Å²) >= 11 is 0. The Morgan fingerprint density at radius 1 is 0.444 bits per heavy atom. The monoisotopic (exact) mass is 345 g/mol. The maximum Gasteiger partial charge on any atom is 0.0212 e. The van der Waals surface area contributed by atoms with Crippen molar-refractivity contribution in [2.45, 2.75) is 13.8 Å². The summed E-state index contributed by atoms with van der Waals surface area (Å²) in [5.74, 6) is 0. The van der Waals surface area contributed by atoms with Gasteiger partial charge >= 0.3 is 0 Å². The van der Waals surface area contributed by atoms with Gasteiger partial charge in [0.15, 0.2) is 0 Å². The summed E-state index contributed by atoms with van der Waals surface area (Å²) in [5, 5.41) is 0. The van der Waals surface area contributed by atoms with Crippen LogP contribution in [0.5, 0.6) is 0 Å². The van der Waals surface area contributed by atoms with Crippen molar-refractivity contribution in [1.82, 2.24) is 0 Å². The fourth-order valence-corrected chi connectivity index (χ4v) is 4.03. The van der Waals surface area contributed by atoms with Gasteiger partial charge in [0.25, 0.3) is 0 Å². The van der Waals surface area contributed by atoms with Crippen molar-refractivity contribution in [3.63, 3.8) is 0 Å². The highest BCUT2D eigenvalue weighted by atomic mass is 14.2. The van der Waals surface area contributed by atoms with Gasteiger partial charge in [0, 0.05) is 6.42 Å². The fourth-order valence-electron chi connectivity index (χ4n) is 4.03. The summed E-state index contributed by atoms with van der Waals surface area (Å²) in [7, 11) is 0. The van der Waals surface area contributed by atoms with Crippen molar-refractivity contribution in [2.75, 3.05) is 0 Å². The van der Waals surface area contributed by atoms with Gasteiger partial charge in [0.1, 0.15) is 0 Å². The van der Waals surface area contributed by atoms with Crippen LogP contribution in [-0.4, -0.2) is 0 Å². The molecule has 1 radical (unpaired) electrons. The smallest absolute Gasteiger partial charge is 0.0212 e. The predicted molar refractivity (Wildman–Crippen MR) is 115 cm³/mol. The molecule has 0 N–H and O–H groups in total. The topological polar surface area (TPSA) is 0 Å². The number of fused-ring (bicyclic) bond motifs is 3. The lowest BCUT2D eigenvalue weighted by molar-refractivity contribution is 1.46. The zero-order chi connectivity index (χ0) is 18.4. The Morgan fingerprint density at radius 3 is 1.33 bits per heavy atom. The van der Waals surface area contributed by atoms with E-state index < -0.39 is 0 Å². The molecule has 0 fully saturated rings. The molecule has 0 atom stereocenters. The Kier molecular flexibility index (Phi) is 3.72. The standard InChI is InChI=1S/C27H21/c1-18-5-3-7-20(13-18)22-9-11-26-24(15-22)17-25-16-23(10-12-27(25)26)21-8-4-6-19(2)14-21/h3-17H,1-2H3. The Morgan fingerprint density at radius 2 is 0.889 bits per heavy atom. The van der Waals surface area contributed by atoms with Crippen molar-refractivity contribution in [3.8, 4) is 33.4 Å². The third-order valence-corrected chi connectivity index (χ3v) is 5.41. The van der Waals surface area contributed by atoms with Crippen LogP contribution >= 0.6 is 0 Å². The highest BCUT2D eigenvalue weighted by molar-refractivity contribution is 5.86. The molecule has 0 saturated carbocycles. The molecule has 0 heteroatoms. The molecule has 4 aromatic rings. The highest BCUT2D eigenvalue weighted by Crippen LogP contribution is 2.41. The molecule has 0 nitrogen and oxygen atoms in total. The van der Waals surface area contributed by atoms with Crippen LogP contribution in [0.4, 0.5) is 0 Å². The van der Waals surface area contributed by atoms with E-state index in [1.165, 1.54) is 55.6 Å². The molecule has 0 spiro atoms. The normalized spacial score (nSPS) is 11.9. The maximum atomic E-state index is 2.32. The van der Waals surface area contributed by atoms with Crippen LogP contribution in [0, 0.1) is 20.3 Å². The summed E-state index contributed by atoms with van der Waals surface area (Å²) in [6, 6.07) is 31.1. The van der Waals surface area contributed by atoms with Gasteiger partial charge in [-0.1, -0.05) is 83.9 Å². The van der Waals surface area contributed by atoms with E-state index in [4.69, 9.17) is 0 Å². The van der Waals surface area contributed by atoms with Crippen LogP contribution in [0.1, 0.15) is 22.3 Å². The van der Waals surface area contributed by atoms with Gasteiger partial charge in [-0.25, -0.2) is 0 Å². The SMILES string of the molecule is Cc1cccc(-c2ccc3c(c2)[CH]c2cc(-c4cccc(C)c4)ccc2-3)c1. The number of aryl methyl sites for hydroxylation is 2.